The number of aromatic nitrogens is 2. The molecule has 1 aliphatic heterocycles. The number of hydrogen-bond donors (Lipinski definition) is 3. The molecule has 9 nitrogen and oxygen atoms in total. The molecule has 34 heavy (non-hydrogen) atoms. The molecule has 188 valence electrons. The van der Waals surface area contributed by atoms with Gasteiger partial charge in [-0.05, 0) is 45.2 Å². The molecular formula is C22H33Cl2N7O2S. The Balaban J connectivity index is 1.56. The van der Waals surface area contributed by atoms with E-state index in [4.69, 9.17) is 34.3 Å². The molecule has 0 bridgehead atoms. The molecule has 2 heterocycles. The maximum absolute atomic E-state index is 12.8. The van der Waals surface area contributed by atoms with Crippen molar-refractivity contribution in [1.29, 1.82) is 5.41 Å². The van der Waals surface area contributed by atoms with E-state index in [1.807, 2.05) is 43.8 Å². The second kappa shape index (κ2) is 11.3. The monoisotopic (exact) mass is 529 g/mol. The Morgan fingerprint density at radius 1 is 1.32 bits per heavy atom. The van der Waals surface area contributed by atoms with Crippen LogP contribution in [0.1, 0.15) is 44.7 Å². The first-order valence-corrected chi connectivity index (χ1v) is 13.5. The zero-order valence-corrected chi connectivity index (χ0v) is 22.1. The topological polar surface area (TPSA) is 120 Å². The lowest BCUT2D eigenvalue weighted by atomic mass is 9.94. The van der Waals surface area contributed by atoms with E-state index in [0.717, 1.165) is 17.0 Å². The maximum Gasteiger partial charge on any atom is 0.279 e. The lowest BCUT2D eigenvalue weighted by molar-refractivity contribution is 0.307. The molecule has 1 saturated heterocycles. The second-order valence-corrected chi connectivity index (χ2v) is 11.3. The summed E-state index contributed by atoms with van der Waals surface area (Å²) >= 11 is 12.5. The number of nitrogens with two attached hydrogens (primary N) is 1. The summed E-state index contributed by atoms with van der Waals surface area (Å²) in [7, 11) is -1.67. The molecule has 1 aromatic carbocycles. The number of aryl methyl sites for hydroxylation is 1. The van der Waals surface area contributed by atoms with Crippen molar-refractivity contribution in [1.82, 2.24) is 23.7 Å². The summed E-state index contributed by atoms with van der Waals surface area (Å²) in [6.45, 7) is 5.59. The van der Waals surface area contributed by atoms with Crippen LogP contribution in [0.4, 0.5) is 0 Å². The SMILES string of the molecule is CC(C)N(CCCNS(=O)(=O)N1CCC(c2cc(-c3cccc(Cl)c3Cl)nn2C)CC1)C(=N)N. The highest BCUT2D eigenvalue weighted by Gasteiger charge is 2.30. The van der Waals surface area contributed by atoms with Gasteiger partial charge in [0.25, 0.3) is 10.2 Å². The molecule has 0 spiro atoms. The van der Waals surface area contributed by atoms with Gasteiger partial charge < -0.3 is 10.6 Å². The predicted octanol–water partition coefficient (Wildman–Crippen LogP) is 3.40. The van der Waals surface area contributed by atoms with Crippen LogP contribution in [0.25, 0.3) is 11.3 Å². The number of rotatable bonds is 9. The van der Waals surface area contributed by atoms with Crippen molar-refractivity contribution in [3.8, 4) is 11.3 Å². The largest absolute Gasteiger partial charge is 0.370 e. The van der Waals surface area contributed by atoms with Crippen LogP contribution < -0.4 is 10.5 Å². The fourth-order valence-electron chi connectivity index (χ4n) is 4.29. The molecular weight excluding hydrogens is 497 g/mol. The Bertz CT molecular complexity index is 1110. The van der Waals surface area contributed by atoms with Gasteiger partial charge in [-0.25, -0.2) is 4.72 Å². The van der Waals surface area contributed by atoms with Crippen molar-refractivity contribution in [2.24, 2.45) is 12.8 Å². The summed E-state index contributed by atoms with van der Waals surface area (Å²) in [6, 6.07) is 7.58. The van der Waals surface area contributed by atoms with Gasteiger partial charge in [0.05, 0.1) is 15.7 Å². The van der Waals surface area contributed by atoms with Crippen LogP contribution in [0.2, 0.25) is 10.0 Å². The smallest absolute Gasteiger partial charge is 0.279 e. The first-order chi connectivity index (χ1) is 16.0. The van der Waals surface area contributed by atoms with Crippen LogP contribution in [0.15, 0.2) is 24.3 Å². The van der Waals surface area contributed by atoms with Crippen LogP contribution in [-0.2, 0) is 17.3 Å². The normalized spacial score (nSPS) is 15.7. The molecule has 0 aliphatic carbocycles. The molecule has 4 N–H and O–H groups in total. The highest BCUT2D eigenvalue weighted by atomic mass is 35.5. The number of guanidine groups is 1. The van der Waals surface area contributed by atoms with Gasteiger partial charge in [-0.15, -0.1) is 0 Å². The van der Waals surface area contributed by atoms with Gasteiger partial charge in [0.15, 0.2) is 5.96 Å². The van der Waals surface area contributed by atoms with Gasteiger partial charge in [-0.2, -0.15) is 17.8 Å². The van der Waals surface area contributed by atoms with Crippen LogP contribution in [0.5, 0.6) is 0 Å². The van der Waals surface area contributed by atoms with E-state index in [2.05, 4.69) is 9.82 Å². The first-order valence-electron chi connectivity index (χ1n) is 11.3. The molecule has 1 fully saturated rings. The summed E-state index contributed by atoms with van der Waals surface area (Å²) in [6.07, 6.45) is 1.97. The Kier molecular flexibility index (Phi) is 8.86. The minimum atomic E-state index is -3.56. The van der Waals surface area contributed by atoms with E-state index < -0.39 is 10.2 Å². The quantitative estimate of drug-likeness (QED) is 0.261. The molecule has 1 aromatic heterocycles. The van der Waals surface area contributed by atoms with Crippen molar-refractivity contribution in [3.63, 3.8) is 0 Å². The molecule has 0 atom stereocenters. The van der Waals surface area contributed by atoms with E-state index in [1.165, 1.54) is 4.31 Å². The zero-order valence-electron chi connectivity index (χ0n) is 19.8. The first kappa shape index (κ1) is 26.7. The van der Waals surface area contributed by atoms with Gasteiger partial charge in [0, 0.05) is 56.4 Å². The number of benzene rings is 1. The minimum Gasteiger partial charge on any atom is -0.370 e. The Hall–Kier alpha value is -1.85. The molecule has 0 unspecified atom stereocenters. The van der Waals surface area contributed by atoms with E-state index in [9.17, 15) is 8.42 Å². The summed E-state index contributed by atoms with van der Waals surface area (Å²) in [4.78, 5) is 1.73. The fraction of sp³-hybridized carbons (Fsp3) is 0.545. The Morgan fingerprint density at radius 3 is 2.62 bits per heavy atom. The second-order valence-electron chi connectivity index (χ2n) is 8.78. The Morgan fingerprint density at radius 2 is 2.00 bits per heavy atom. The van der Waals surface area contributed by atoms with Crippen LogP contribution >= 0.6 is 23.2 Å². The summed E-state index contributed by atoms with van der Waals surface area (Å²) in [5.74, 6) is 0.196. The molecule has 0 radical (unpaired) electrons. The summed E-state index contributed by atoms with van der Waals surface area (Å²) in [5.41, 5.74) is 8.17. The van der Waals surface area contributed by atoms with Gasteiger partial charge in [0.1, 0.15) is 0 Å². The fourth-order valence-corrected chi connectivity index (χ4v) is 5.96. The molecule has 2 aromatic rings. The van der Waals surface area contributed by atoms with Gasteiger partial charge in [-0.3, -0.25) is 10.1 Å². The van der Waals surface area contributed by atoms with Gasteiger partial charge in [0.2, 0.25) is 0 Å². The van der Waals surface area contributed by atoms with Crippen molar-refractivity contribution < 1.29 is 8.42 Å². The van der Waals surface area contributed by atoms with E-state index in [1.54, 1.807) is 11.0 Å². The number of piperidine rings is 1. The molecule has 0 amide bonds. The lowest BCUT2D eigenvalue weighted by Crippen LogP contribution is -2.46. The molecule has 12 heteroatoms. The Labute approximate surface area is 211 Å². The third-order valence-corrected chi connectivity index (χ3v) is 8.58. The summed E-state index contributed by atoms with van der Waals surface area (Å²) < 4.78 is 31.5. The number of hydrogen-bond acceptors (Lipinski definition) is 4. The molecule has 3 rings (SSSR count). The zero-order chi connectivity index (χ0) is 25.0. The average Bonchev–Trinajstić information content (AvgIpc) is 3.16. The van der Waals surface area contributed by atoms with Crippen LogP contribution in [0.3, 0.4) is 0 Å². The number of nitrogens with zero attached hydrogens (tertiary/aromatic N) is 4. The molecule has 1 aliphatic rings. The number of halogens is 2. The van der Waals surface area contributed by atoms with E-state index >= 15 is 0 Å². The summed E-state index contributed by atoms with van der Waals surface area (Å²) in [5, 5.41) is 13.2. The van der Waals surface area contributed by atoms with E-state index in [0.29, 0.717) is 55.5 Å². The molecule has 0 saturated carbocycles. The lowest BCUT2D eigenvalue weighted by Gasteiger charge is -2.31. The third-order valence-electron chi connectivity index (χ3n) is 6.15. The third kappa shape index (κ3) is 6.23. The van der Waals surface area contributed by atoms with Crippen LogP contribution in [-0.4, -0.2) is 65.6 Å². The number of nitrogens with one attached hydrogen (secondary N) is 2. The standard InChI is InChI=1S/C22H33Cl2N7O2S/c1-15(2)31(22(25)26)11-5-10-27-34(32,33)30-12-8-16(9-13-30)20-14-19(28-29(20)3)17-6-4-7-18(23)21(17)24/h4,6-7,14-16,27H,5,8-13H2,1-3H3,(H3,25,26). The van der Waals surface area contributed by atoms with E-state index in [-0.39, 0.29) is 17.9 Å². The maximum atomic E-state index is 12.8. The highest BCUT2D eigenvalue weighted by molar-refractivity contribution is 7.87. The van der Waals surface area contributed by atoms with Crippen LogP contribution in [0, 0.1) is 5.41 Å². The highest BCUT2D eigenvalue weighted by Crippen LogP contribution is 2.36. The predicted molar refractivity (Wildman–Crippen MR) is 138 cm³/mol. The van der Waals surface area contributed by atoms with Crippen molar-refractivity contribution in [2.75, 3.05) is 26.2 Å². The average molecular weight is 531 g/mol. The van der Waals surface area contributed by atoms with Gasteiger partial charge >= 0.3 is 0 Å². The van der Waals surface area contributed by atoms with Crippen molar-refractivity contribution in [3.05, 3.63) is 40.0 Å². The van der Waals surface area contributed by atoms with Crippen molar-refractivity contribution in [2.45, 2.75) is 45.1 Å². The minimum absolute atomic E-state index is 0.00381. The van der Waals surface area contributed by atoms with Gasteiger partial charge in [-0.1, -0.05) is 35.3 Å². The van der Waals surface area contributed by atoms with Crippen molar-refractivity contribution >= 4 is 39.4 Å².